The van der Waals surface area contributed by atoms with Gasteiger partial charge in [0, 0.05) is 18.0 Å². The van der Waals surface area contributed by atoms with Gasteiger partial charge in [0.2, 0.25) is 11.8 Å². The molecule has 0 atom stereocenters. The van der Waals surface area contributed by atoms with Crippen LogP contribution < -0.4 is 10.6 Å². The first kappa shape index (κ1) is 14.2. The number of carbonyl (C=O) groups is 2. The van der Waals surface area contributed by atoms with E-state index in [1.165, 1.54) is 0 Å². The highest BCUT2D eigenvalue weighted by molar-refractivity contribution is 7.10. The van der Waals surface area contributed by atoms with Crippen LogP contribution in [0.2, 0.25) is 0 Å². The molecular formula is C12H15N3O2S. The summed E-state index contributed by atoms with van der Waals surface area (Å²) in [6, 6.07) is 5.61. The second-order valence-electron chi connectivity index (χ2n) is 3.64. The van der Waals surface area contributed by atoms with Gasteiger partial charge >= 0.3 is 0 Å². The third kappa shape index (κ3) is 6.01. The fraction of sp³-hybridized carbons (Fsp3) is 0.417. The van der Waals surface area contributed by atoms with Crippen LogP contribution >= 0.6 is 11.3 Å². The number of thiophene rings is 1. The van der Waals surface area contributed by atoms with Gasteiger partial charge in [0.25, 0.3) is 0 Å². The Bertz CT molecular complexity index is 423. The molecule has 0 aliphatic rings. The van der Waals surface area contributed by atoms with Crippen LogP contribution in [0.4, 0.5) is 0 Å². The van der Waals surface area contributed by atoms with E-state index in [4.69, 9.17) is 5.26 Å². The van der Waals surface area contributed by atoms with Crippen LogP contribution in [0.3, 0.4) is 0 Å². The SMILES string of the molecule is N#CCC(=O)NCCCNC(=O)Cc1cccs1. The molecule has 5 nitrogen and oxygen atoms in total. The average Bonchev–Trinajstić information content (AvgIpc) is 2.81. The standard InChI is InChI=1S/C12H15N3O2S/c13-5-4-11(16)14-6-2-7-15-12(17)9-10-3-1-8-18-10/h1,3,8H,2,4,6-7,9H2,(H,14,16)(H,15,17). The highest BCUT2D eigenvalue weighted by Crippen LogP contribution is 2.08. The minimum atomic E-state index is -0.276. The first-order valence-corrected chi connectivity index (χ1v) is 6.53. The van der Waals surface area contributed by atoms with Crippen molar-refractivity contribution in [1.82, 2.24) is 10.6 Å². The van der Waals surface area contributed by atoms with Crippen molar-refractivity contribution in [1.29, 1.82) is 5.26 Å². The number of amides is 2. The lowest BCUT2D eigenvalue weighted by molar-refractivity contribution is -0.120. The molecule has 0 aromatic carbocycles. The highest BCUT2D eigenvalue weighted by atomic mass is 32.1. The summed E-state index contributed by atoms with van der Waals surface area (Å²) in [7, 11) is 0. The largest absolute Gasteiger partial charge is 0.356 e. The minimum absolute atomic E-state index is 0.0131. The molecule has 0 saturated heterocycles. The Kier molecular flexibility index (Phi) is 6.51. The molecule has 96 valence electrons. The lowest BCUT2D eigenvalue weighted by atomic mass is 10.3. The highest BCUT2D eigenvalue weighted by Gasteiger charge is 2.03. The van der Waals surface area contributed by atoms with E-state index >= 15 is 0 Å². The molecule has 0 spiro atoms. The van der Waals surface area contributed by atoms with Crippen molar-refractivity contribution in [3.8, 4) is 6.07 Å². The van der Waals surface area contributed by atoms with Gasteiger partial charge in [0.05, 0.1) is 12.5 Å². The van der Waals surface area contributed by atoms with E-state index in [0.717, 1.165) is 4.88 Å². The lowest BCUT2D eigenvalue weighted by Gasteiger charge is -2.05. The van der Waals surface area contributed by atoms with Gasteiger partial charge in [-0.15, -0.1) is 11.3 Å². The lowest BCUT2D eigenvalue weighted by Crippen LogP contribution is -2.30. The molecule has 2 amide bonds. The Balaban J connectivity index is 2.03. The molecule has 1 aromatic rings. The zero-order chi connectivity index (χ0) is 13.2. The first-order chi connectivity index (χ1) is 8.72. The van der Waals surface area contributed by atoms with E-state index in [-0.39, 0.29) is 18.2 Å². The van der Waals surface area contributed by atoms with Crippen LogP contribution in [0, 0.1) is 11.3 Å². The van der Waals surface area contributed by atoms with Crippen LogP contribution in [0.25, 0.3) is 0 Å². The number of nitrogens with one attached hydrogen (secondary N) is 2. The summed E-state index contributed by atoms with van der Waals surface area (Å²) >= 11 is 1.56. The fourth-order valence-electron chi connectivity index (χ4n) is 1.31. The van der Waals surface area contributed by atoms with E-state index in [2.05, 4.69) is 10.6 Å². The average molecular weight is 265 g/mol. The predicted octanol–water partition coefficient (Wildman–Crippen LogP) is 0.827. The van der Waals surface area contributed by atoms with Gasteiger partial charge in [0.15, 0.2) is 0 Å². The van der Waals surface area contributed by atoms with Crippen molar-refractivity contribution in [2.45, 2.75) is 19.3 Å². The summed E-state index contributed by atoms with van der Waals surface area (Å²) in [5.74, 6) is -0.289. The molecule has 0 unspecified atom stereocenters. The zero-order valence-electron chi connectivity index (χ0n) is 9.94. The maximum atomic E-state index is 11.5. The summed E-state index contributed by atoms with van der Waals surface area (Å²) in [5, 5.41) is 15.6. The first-order valence-electron chi connectivity index (χ1n) is 5.65. The van der Waals surface area contributed by atoms with Crippen molar-refractivity contribution in [3.05, 3.63) is 22.4 Å². The van der Waals surface area contributed by atoms with Crippen molar-refractivity contribution in [2.24, 2.45) is 0 Å². The molecule has 0 aliphatic carbocycles. The van der Waals surface area contributed by atoms with Crippen LogP contribution in [-0.2, 0) is 16.0 Å². The predicted molar refractivity (Wildman–Crippen MR) is 68.9 cm³/mol. The molecule has 0 aliphatic heterocycles. The van der Waals surface area contributed by atoms with Gasteiger partial charge in [-0.1, -0.05) is 6.07 Å². The summed E-state index contributed by atoms with van der Waals surface area (Å²) in [5.41, 5.74) is 0. The van der Waals surface area contributed by atoms with E-state index in [0.29, 0.717) is 25.9 Å². The van der Waals surface area contributed by atoms with Crippen LogP contribution in [-0.4, -0.2) is 24.9 Å². The number of hydrogen-bond acceptors (Lipinski definition) is 4. The van der Waals surface area contributed by atoms with Gasteiger partial charge in [-0.25, -0.2) is 0 Å². The van der Waals surface area contributed by atoms with Gasteiger partial charge in [-0.05, 0) is 17.9 Å². The van der Waals surface area contributed by atoms with E-state index in [9.17, 15) is 9.59 Å². The third-order valence-corrected chi connectivity index (χ3v) is 3.03. The van der Waals surface area contributed by atoms with E-state index in [1.807, 2.05) is 17.5 Å². The molecule has 0 bridgehead atoms. The smallest absolute Gasteiger partial charge is 0.234 e. The van der Waals surface area contributed by atoms with Gasteiger partial charge in [0.1, 0.15) is 6.42 Å². The number of hydrogen-bond donors (Lipinski definition) is 2. The second kappa shape index (κ2) is 8.25. The molecule has 18 heavy (non-hydrogen) atoms. The molecule has 0 saturated carbocycles. The van der Waals surface area contributed by atoms with Crippen LogP contribution in [0.5, 0.6) is 0 Å². The topological polar surface area (TPSA) is 82.0 Å². The Labute approximate surface area is 110 Å². The maximum Gasteiger partial charge on any atom is 0.234 e. The number of nitriles is 1. The monoisotopic (exact) mass is 265 g/mol. The number of rotatable bonds is 7. The molecule has 1 rings (SSSR count). The van der Waals surface area contributed by atoms with Crippen LogP contribution in [0.15, 0.2) is 17.5 Å². The van der Waals surface area contributed by atoms with Gasteiger partial charge < -0.3 is 10.6 Å². The Morgan fingerprint density at radius 3 is 2.61 bits per heavy atom. The summed E-state index contributed by atoms with van der Waals surface area (Å²) < 4.78 is 0. The number of carbonyl (C=O) groups excluding carboxylic acids is 2. The molecule has 1 heterocycles. The zero-order valence-corrected chi connectivity index (χ0v) is 10.8. The van der Waals surface area contributed by atoms with Gasteiger partial charge in [-0.2, -0.15) is 5.26 Å². The molecule has 1 aromatic heterocycles. The molecule has 0 fully saturated rings. The Hall–Kier alpha value is -1.87. The molecule has 0 radical (unpaired) electrons. The second-order valence-corrected chi connectivity index (χ2v) is 4.68. The fourth-order valence-corrected chi connectivity index (χ4v) is 2.02. The quantitative estimate of drug-likeness (QED) is 0.716. The van der Waals surface area contributed by atoms with Crippen molar-refractivity contribution in [2.75, 3.05) is 13.1 Å². The van der Waals surface area contributed by atoms with Crippen LogP contribution in [0.1, 0.15) is 17.7 Å². The van der Waals surface area contributed by atoms with Crippen molar-refractivity contribution >= 4 is 23.2 Å². The minimum Gasteiger partial charge on any atom is -0.356 e. The summed E-state index contributed by atoms with van der Waals surface area (Å²) in [4.78, 5) is 23.4. The van der Waals surface area contributed by atoms with E-state index in [1.54, 1.807) is 17.4 Å². The van der Waals surface area contributed by atoms with Gasteiger partial charge in [-0.3, -0.25) is 9.59 Å². The number of nitrogens with zero attached hydrogens (tertiary/aromatic N) is 1. The molecule has 2 N–H and O–H groups in total. The third-order valence-electron chi connectivity index (χ3n) is 2.15. The molecular weight excluding hydrogens is 250 g/mol. The van der Waals surface area contributed by atoms with Crippen molar-refractivity contribution in [3.63, 3.8) is 0 Å². The summed E-state index contributed by atoms with van der Waals surface area (Å²) in [6.45, 7) is 0.997. The normalized spacial score (nSPS) is 9.50. The Morgan fingerprint density at radius 1 is 1.28 bits per heavy atom. The summed E-state index contributed by atoms with van der Waals surface area (Å²) in [6.07, 6.45) is 0.941. The Morgan fingerprint density at radius 2 is 2.00 bits per heavy atom. The van der Waals surface area contributed by atoms with E-state index < -0.39 is 0 Å². The van der Waals surface area contributed by atoms with Crippen molar-refractivity contribution < 1.29 is 9.59 Å². The molecule has 6 heteroatoms. The maximum absolute atomic E-state index is 11.5.